The predicted octanol–water partition coefficient (Wildman–Crippen LogP) is 2.68. The number of nitrogens with zero attached hydrogens (tertiary/aromatic N) is 2. The molecule has 22 heavy (non-hydrogen) atoms. The van der Waals surface area contributed by atoms with Gasteiger partial charge in [0, 0.05) is 5.56 Å². The normalized spacial score (nSPS) is 11.3. The molecule has 0 spiro atoms. The van der Waals surface area contributed by atoms with Crippen molar-refractivity contribution in [3.05, 3.63) is 29.5 Å². The number of nitrogens with one attached hydrogen (secondary N) is 1. The lowest BCUT2D eigenvalue weighted by atomic mass is 10.0. The molecule has 1 heterocycles. The molecule has 0 aliphatic carbocycles. The fraction of sp³-hybridized carbons (Fsp3) is 0.308. The molecule has 0 saturated heterocycles. The smallest absolute Gasteiger partial charge is 0.419 e. The summed E-state index contributed by atoms with van der Waals surface area (Å²) in [5, 5.41) is 9.58. The van der Waals surface area contributed by atoms with Crippen LogP contribution in [0.15, 0.2) is 18.2 Å². The van der Waals surface area contributed by atoms with E-state index in [9.17, 15) is 18.0 Å². The van der Waals surface area contributed by atoms with Crippen LogP contribution in [0.5, 0.6) is 5.75 Å². The summed E-state index contributed by atoms with van der Waals surface area (Å²) in [5.74, 6) is -1.22. The number of carbonyl (C=O) groups excluding carboxylic acids is 1. The second-order valence-electron chi connectivity index (χ2n) is 4.13. The van der Waals surface area contributed by atoms with Gasteiger partial charge in [0.1, 0.15) is 11.4 Å². The number of alkyl halides is 3. The van der Waals surface area contributed by atoms with Crippen LogP contribution in [0.25, 0.3) is 11.3 Å². The molecular formula is C13H12F3N3O3. The van der Waals surface area contributed by atoms with Gasteiger partial charge >= 0.3 is 12.1 Å². The van der Waals surface area contributed by atoms with E-state index >= 15 is 0 Å². The minimum absolute atomic E-state index is 0.00544. The van der Waals surface area contributed by atoms with Crippen molar-refractivity contribution in [2.75, 3.05) is 13.7 Å². The van der Waals surface area contributed by atoms with E-state index in [-0.39, 0.29) is 23.6 Å². The maximum Gasteiger partial charge on any atom is 0.419 e. The summed E-state index contributed by atoms with van der Waals surface area (Å²) >= 11 is 0. The molecule has 0 radical (unpaired) electrons. The topological polar surface area (TPSA) is 77.1 Å². The van der Waals surface area contributed by atoms with Crippen LogP contribution in [0.1, 0.15) is 23.0 Å². The second-order valence-corrected chi connectivity index (χ2v) is 4.13. The highest BCUT2D eigenvalue weighted by Gasteiger charge is 2.36. The summed E-state index contributed by atoms with van der Waals surface area (Å²) in [6.45, 7) is 1.70. The standard InChI is InChI=1S/C13H12F3N3O3/c1-3-22-12(20)10-9(17-19-18-10)7-5-4-6-8(11(7)21-2)13(14,15)16/h4-6H,3H2,1-2H3,(H,17,18,19). The predicted molar refractivity (Wildman–Crippen MR) is 69.3 cm³/mol. The van der Waals surface area contributed by atoms with Crippen LogP contribution < -0.4 is 4.74 Å². The van der Waals surface area contributed by atoms with E-state index in [1.807, 2.05) is 0 Å². The molecule has 1 N–H and O–H groups in total. The highest BCUT2D eigenvalue weighted by molar-refractivity contribution is 5.94. The molecule has 0 aliphatic heterocycles. The summed E-state index contributed by atoms with van der Waals surface area (Å²) < 4.78 is 48.7. The zero-order valence-corrected chi connectivity index (χ0v) is 11.7. The Morgan fingerprint density at radius 1 is 1.32 bits per heavy atom. The number of hydrogen-bond acceptors (Lipinski definition) is 5. The Labute approximate surface area is 123 Å². The lowest BCUT2D eigenvalue weighted by Gasteiger charge is -2.14. The van der Waals surface area contributed by atoms with E-state index in [1.165, 1.54) is 12.1 Å². The number of H-pyrrole nitrogens is 1. The monoisotopic (exact) mass is 315 g/mol. The van der Waals surface area contributed by atoms with Gasteiger partial charge in [-0.15, -0.1) is 5.10 Å². The van der Waals surface area contributed by atoms with Crippen molar-refractivity contribution in [3.63, 3.8) is 0 Å². The van der Waals surface area contributed by atoms with Gasteiger partial charge in [-0.05, 0) is 19.1 Å². The molecule has 0 unspecified atom stereocenters. The fourth-order valence-electron chi connectivity index (χ4n) is 1.93. The summed E-state index contributed by atoms with van der Waals surface area (Å²) in [7, 11) is 1.11. The summed E-state index contributed by atoms with van der Waals surface area (Å²) in [6.07, 6.45) is -4.60. The Morgan fingerprint density at radius 2 is 2.05 bits per heavy atom. The van der Waals surface area contributed by atoms with Gasteiger partial charge in [0.05, 0.1) is 19.3 Å². The molecular weight excluding hydrogens is 303 g/mol. The van der Waals surface area contributed by atoms with Crippen molar-refractivity contribution >= 4 is 5.97 Å². The van der Waals surface area contributed by atoms with E-state index in [2.05, 4.69) is 15.4 Å². The van der Waals surface area contributed by atoms with Gasteiger partial charge in [-0.1, -0.05) is 6.07 Å². The van der Waals surface area contributed by atoms with Crippen LogP contribution in [-0.4, -0.2) is 35.1 Å². The number of aromatic nitrogens is 3. The van der Waals surface area contributed by atoms with Gasteiger partial charge in [0.25, 0.3) is 0 Å². The van der Waals surface area contributed by atoms with Gasteiger partial charge in [-0.2, -0.15) is 23.5 Å². The van der Waals surface area contributed by atoms with Crippen LogP contribution in [0.4, 0.5) is 13.2 Å². The molecule has 1 aromatic heterocycles. The lowest BCUT2D eigenvalue weighted by molar-refractivity contribution is -0.138. The Balaban J connectivity index is 2.60. The summed E-state index contributed by atoms with van der Waals surface area (Å²) in [5.41, 5.74) is -1.25. The van der Waals surface area contributed by atoms with E-state index in [0.29, 0.717) is 0 Å². The second kappa shape index (κ2) is 6.04. The Bertz CT molecular complexity index is 683. The average Bonchev–Trinajstić information content (AvgIpc) is 2.95. The first-order chi connectivity index (χ1) is 10.4. The molecule has 1 aromatic carbocycles. The first kappa shape index (κ1) is 15.8. The van der Waals surface area contributed by atoms with Crippen LogP contribution in [0.3, 0.4) is 0 Å². The maximum atomic E-state index is 13.0. The minimum atomic E-state index is -4.60. The van der Waals surface area contributed by atoms with Crippen LogP contribution in [-0.2, 0) is 10.9 Å². The van der Waals surface area contributed by atoms with Crippen LogP contribution in [0.2, 0.25) is 0 Å². The molecule has 0 amide bonds. The molecule has 0 aliphatic rings. The summed E-state index contributed by atoms with van der Waals surface area (Å²) in [6, 6.07) is 3.44. The zero-order chi connectivity index (χ0) is 16.3. The van der Waals surface area contributed by atoms with Crippen molar-refractivity contribution in [2.45, 2.75) is 13.1 Å². The van der Waals surface area contributed by atoms with E-state index in [1.54, 1.807) is 6.92 Å². The molecule has 2 rings (SSSR count). The molecule has 9 heteroatoms. The lowest BCUT2D eigenvalue weighted by Crippen LogP contribution is -2.10. The van der Waals surface area contributed by atoms with Crippen LogP contribution in [0, 0.1) is 0 Å². The number of carbonyl (C=O) groups is 1. The van der Waals surface area contributed by atoms with Crippen molar-refractivity contribution in [3.8, 4) is 17.0 Å². The van der Waals surface area contributed by atoms with Crippen LogP contribution >= 0.6 is 0 Å². The van der Waals surface area contributed by atoms with Crippen molar-refractivity contribution in [2.24, 2.45) is 0 Å². The third kappa shape index (κ3) is 2.87. The number of esters is 1. The van der Waals surface area contributed by atoms with Gasteiger partial charge in [-0.25, -0.2) is 4.79 Å². The van der Waals surface area contributed by atoms with Gasteiger partial charge in [0.15, 0.2) is 5.69 Å². The number of para-hydroxylation sites is 1. The Morgan fingerprint density at radius 3 is 2.64 bits per heavy atom. The Hall–Kier alpha value is -2.58. The minimum Gasteiger partial charge on any atom is -0.495 e. The van der Waals surface area contributed by atoms with Crippen molar-refractivity contribution in [1.29, 1.82) is 0 Å². The number of ether oxygens (including phenoxy) is 2. The molecule has 118 valence electrons. The number of benzene rings is 1. The first-order valence-electron chi connectivity index (χ1n) is 6.22. The van der Waals surface area contributed by atoms with E-state index in [4.69, 9.17) is 9.47 Å². The summed E-state index contributed by atoms with van der Waals surface area (Å²) in [4.78, 5) is 11.8. The molecule has 0 atom stereocenters. The third-order valence-corrected chi connectivity index (χ3v) is 2.80. The van der Waals surface area contributed by atoms with Crippen molar-refractivity contribution < 1.29 is 27.4 Å². The maximum absolute atomic E-state index is 13.0. The molecule has 0 bridgehead atoms. The molecule has 0 saturated carbocycles. The third-order valence-electron chi connectivity index (χ3n) is 2.80. The van der Waals surface area contributed by atoms with Crippen molar-refractivity contribution in [1.82, 2.24) is 15.4 Å². The first-order valence-corrected chi connectivity index (χ1v) is 6.22. The number of rotatable bonds is 4. The molecule has 0 fully saturated rings. The average molecular weight is 315 g/mol. The van der Waals surface area contributed by atoms with E-state index < -0.39 is 23.5 Å². The zero-order valence-electron chi connectivity index (χ0n) is 11.7. The Kier molecular flexibility index (Phi) is 4.34. The van der Waals surface area contributed by atoms with Gasteiger partial charge < -0.3 is 9.47 Å². The fourth-order valence-corrected chi connectivity index (χ4v) is 1.93. The molecule has 2 aromatic rings. The quantitative estimate of drug-likeness (QED) is 0.878. The highest BCUT2D eigenvalue weighted by Crippen LogP contribution is 2.41. The number of hydrogen-bond donors (Lipinski definition) is 1. The number of methoxy groups -OCH3 is 1. The van der Waals surface area contributed by atoms with Gasteiger partial charge in [-0.3, -0.25) is 0 Å². The number of aromatic amines is 1. The largest absolute Gasteiger partial charge is 0.495 e. The SMILES string of the molecule is CCOC(=O)c1n[nH]nc1-c1cccc(C(F)(F)F)c1OC. The van der Waals surface area contributed by atoms with E-state index in [0.717, 1.165) is 13.2 Å². The molecule has 6 nitrogen and oxygen atoms in total. The highest BCUT2D eigenvalue weighted by atomic mass is 19.4. The van der Waals surface area contributed by atoms with Gasteiger partial charge in [0.2, 0.25) is 0 Å². The number of halogens is 3.